The third-order valence-corrected chi connectivity index (χ3v) is 2.34. The Bertz CT molecular complexity index is 145. The predicted molar refractivity (Wildman–Crippen MR) is 41.0 cm³/mol. The third-order valence-electron chi connectivity index (χ3n) is 2.34. The highest BCUT2D eigenvalue weighted by atomic mass is 16.3. The number of hydrogen-bond donors (Lipinski definition) is 2. The molecule has 1 heterocycles. The second kappa shape index (κ2) is 4.32. The van der Waals surface area contributed by atoms with Crippen LogP contribution in [0.2, 0.25) is 0 Å². The van der Waals surface area contributed by atoms with Crippen LogP contribution in [0.1, 0.15) is 12.8 Å². The minimum Gasteiger partial charge on any atom is -0.391 e. The van der Waals surface area contributed by atoms with Crippen molar-refractivity contribution in [3.8, 4) is 6.07 Å². The molecule has 0 unspecified atom stereocenters. The summed E-state index contributed by atoms with van der Waals surface area (Å²) in [7, 11) is 0. The van der Waals surface area contributed by atoms with Crippen molar-refractivity contribution in [2.75, 3.05) is 26.2 Å². The molecule has 62 valence electrons. The van der Waals surface area contributed by atoms with Crippen molar-refractivity contribution in [1.29, 1.82) is 5.26 Å². The second-order valence-corrected chi connectivity index (χ2v) is 3.13. The first-order valence-electron chi connectivity index (χ1n) is 4.21. The largest absolute Gasteiger partial charge is 0.391 e. The van der Waals surface area contributed by atoms with E-state index in [4.69, 9.17) is 10.4 Å². The van der Waals surface area contributed by atoms with E-state index in [0.29, 0.717) is 0 Å². The minimum absolute atomic E-state index is 0.270. The van der Waals surface area contributed by atoms with Gasteiger partial charge >= 0.3 is 0 Å². The van der Waals surface area contributed by atoms with E-state index >= 15 is 0 Å². The van der Waals surface area contributed by atoms with Crippen molar-refractivity contribution in [3.05, 3.63) is 0 Å². The van der Waals surface area contributed by atoms with Gasteiger partial charge in [-0.2, -0.15) is 5.26 Å². The van der Waals surface area contributed by atoms with Gasteiger partial charge in [0, 0.05) is 12.8 Å². The molecule has 11 heavy (non-hydrogen) atoms. The summed E-state index contributed by atoms with van der Waals surface area (Å²) in [4.78, 5) is 1.44. The van der Waals surface area contributed by atoms with Crippen LogP contribution in [0.4, 0.5) is 0 Å². The highest BCUT2D eigenvalue weighted by molar-refractivity contribution is 4.83. The van der Waals surface area contributed by atoms with Gasteiger partial charge in [0.15, 0.2) is 0 Å². The molecule has 3 heteroatoms. The number of nitriles is 1. The third kappa shape index (κ3) is 2.49. The Morgan fingerprint density at radius 3 is 2.55 bits per heavy atom. The number of rotatable bonds is 2. The van der Waals surface area contributed by atoms with E-state index < -0.39 is 0 Å². The van der Waals surface area contributed by atoms with Gasteiger partial charge in [-0.25, -0.2) is 0 Å². The second-order valence-electron chi connectivity index (χ2n) is 3.13. The molecule has 0 aliphatic carbocycles. The van der Waals surface area contributed by atoms with Crippen molar-refractivity contribution in [3.63, 3.8) is 0 Å². The molecule has 1 rings (SSSR count). The van der Waals surface area contributed by atoms with Crippen LogP contribution in [-0.2, 0) is 0 Å². The molecular formula is C8H15N2O+. The summed E-state index contributed by atoms with van der Waals surface area (Å²) in [6.45, 7) is 3.22. The Morgan fingerprint density at radius 1 is 1.45 bits per heavy atom. The van der Waals surface area contributed by atoms with Gasteiger partial charge < -0.3 is 10.0 Å². The lowest BCUT2D eigenvalue weighted by molar-refractivity contribution is -0.906. The Hall–Kier alpha value is -0.590. The van der Waals surface area contributed by atoms with Gasteiger partial charge in [-0.1, -0.05) is 0 Å². The topological polar surface area (TPSA) is 48.5 Å². The molecule has 0 aromatic rings. The smallest absolute Gasteiger partial charge is 0.101 e. The molecule has 1 fully saturated rings. The SMILES string of the molecule is N#CC1CC[NH+](CCO)CC1. The normalized spacial score (nSPS) is 31.3. The maximum absolute atomic E-state index is 8.66. The van der Waals surface area contributed by atoms with Crippen LogP contribution < -0.4 is 4.90 Å². The summed E-state index contributed by atoms with van der Waals surface area (Å²) < 4.78 is 0. The van der Waals surface area contributed by atoms with Gasteiger partial charge in [0.05, 0.1) is 31.7 Å². The fraction of sp³-hybridized carbons (Fsp3) is 0.875. The standard InChI is InChI=1S/C8H14N2O/c9-7-8-1-3-10(4-2-8)5-6-11/h8,11H,1-6H2/p+1. The van der Waals surface area contributed by atoms with E-state index in [1.165, 1.54) is 4.90 Å². The van der Waals surface area contributed by atoms with Crippen LogP contribution in [-0.4, -0.2) is 31.3 Å². The van der Waals surface area contributed by atoms with Gasteiger partial charge in [-0.15, -0.1) is 0 Å². The Morgan fingerprint density at radius 2 is 2.09 bits per heavy atom. The van der Waals surface area contributed by atoms with Crippen LogP contribution >= 0.6 is 0 Å². The highest BCUT2D eigenvalue weighted by Gasteiger charge is 2.20. The summed E-state index contributed by atoms with van der Waals surface area (Å²) in [5.74, 6) is 0.275. The van der Waals surface area contributed by atoms with Crippen LogP contribution in [0.15, 0.2) is 0 Å². The Balaban J connectivity index is 2.20. The number of likely N-dealkylation sites (tertiary alicyclic amines) is 1. The molecule has 2 N–H and O–H groups in total. The molecular weight excluding hydrogens is 140 g/mol. The lowest BCUT2D eigenvalue weighted by Gasteiger charge is -2.25. The molecule has 0 aromatic carbocycles. The van der Waals surface area contributed by atoms with E-state index in [-0.39, 0.29) is 12.5 Å². The van der Waals surface area contributed by atoms with Gasteiger partial charge in [0.2, 0.25) is 0 Å². The van der Waals surface area contributed by atoms with Crippen LogP contribution in [0.5, 0.6) is 0 Å². The van der Waals surface area contributed by atoms with Gasteiger partial charge in [0.25, 0.3) is 0 Å². The van der Waals surface area contributed by atoms with Crippen molar-refractivity contribution < 1.29 is 10.0 Å². The Kier molecular flexibility index (Phi) is 3.34. The number of aliphatic hydroxyl groups excluding tert-OH is 1. The summed E-state index contributed by atoms with van der Waals surface area (Å²) in [6.07, 6.45) is 2.01. The molecule has 0 radical (unpaired) electrons. The van der Waals surface area contributed by atoms with Crippen molar-refractivity contribution >= 4 is 0 Å². The fourth-order valence-corrected chi connectivity index (χ4v) is 1.56. The summed E-state index contributed by atoms with van der Waals surface area (Å²) in [5.41, 5.74) is 0. The quantitative estimate of drug-likeness (QED) is 0.526. The van der Waals surface area contributed by atoms with Crippen LogP contribution in [0.3, 0.4) is 0 Å². The zero-order chi connectivity index (χ0) is 8.10. The van der Waals surface area contributed by atoms with Gasteiger partial charge in [-0.05, 0) is 0 Å². The van der Waals surface area contributed by atoms with E-state index in [0.717, 1.165) is 32.5 Å². The molecule has 1 aliphatic rings. The first-order valence-corrected chi connectivity index (χ1v) is 4.21. The van der Waals surface area contributed by atoms with Gasteiger partial charge in [0.1, 0.15) is 6.54 Å². The van der Waals surface area contributed by atoms with Crippen molar-refractivity contribution in [2.24, 2.45) is 5.92 Å². The maximum Gasteiger partial charge on any atom is 0.101 e. The van der Waals surface area contributed by atoms with E-state index in [9.17, 15) is 0 Å². The average molecular weight is 155 g/mol. The summed E-state index contributed by atoms with van der Waals surface area (Å²) in [5, 5.41) is 17.3. The van der Waals surface area contributed by atoms with Crippen LogP contribution in [0, 0.1) is 17.2 Å². The highest BCUT2D eigenvalue weighted by Crippen LogP contribution is 2.06. The number of nitrogens with zero attached hydrogens (tertiary/aromatic N) is 1. The molecule has 1 saturated heterocycles. The number of nitrogens with one attached hydrogen (secondary N) is 1. The zero-order valence-corrected chi connectivity index (χ0v) is 6.71. The molecule has 0 atom stereocenters. The van der Waals surface area contributed by atoms with E-state index in [1.807, 2.05) is 0 Å². The first-order chi connectivity index (χ1) is 5.36. The monoisotopic (exact) mass is 155 g/mol. The first kappa shape index (κ1) is 8.51. The molecule has 0 aromatic heterocycles. The molecule has 3 nitrogen and oxygen atoms in total. The van der Waals surface area contributed by atoms with Crippen molar-refractivity contribution in [2.45, 2.75) is 12.8 Å². The predicted octanol–water partition coefficient (Wildman–Crippen LogP) is -1.20. The fourth-order valence-electron chi connectivity index (χ4n) is 1.56. The molecule has 0 saturated carbocycles. The minimum atomic E-state index is 0.270. The number of hydrogen-bond acceptors (Lipinski definition) is 2. The number of aliphatic hydroxyl groups is 1. The Labute approximate surface area is 67.2 Å². The molecule has 0 spiro atoms. The maximum atomic E-state index is 8.66. The summed E-state index contributed by atoms with van der Waals surface area (Å²) >= 11 is 0. The lowest BCUT2D eigenvalue weighted by Crippen LogP contribution is -3.13. The molecule has 0 bridgehead atoms. The average Bonchev–Trinajstić information content (AvgIpc) is 2.07. The van der Waals surface area contributed by atoms with Crippen LogP contribution in [0.25, 0.3) is 0 Å². The van der Waals surface area contributed by atoms with Crippen molar-refractivity contribution in [1.82, 2.24) is 0 Å². The van der Waals surface area contributed by atoms with E-state index in [2.05, 4.69) is 6.07 Å². The number of piperidine rings is 1. The van der Waals surface area contributed by atoms with E-state index in [1.54, 1.807) is 0 Å². The lowest BCUT2D eigenvalue weighted by atomic mass is 9.99. The summed E-state index contributed by atoms with van der Waals surface area (Å²) in [6, 6.07) is 2.29. The van der Waals surface area contributed by atoms with Gasteiger partial charge in [-0.3, -0.25) is 0 Å². The number of quaternary nitrogens is 1. The molecule has 1 aliphatic heterocycles. The molecule has 0 amide bonds. The zero-order valence-electron chi connectivity index (χ0n) is 6.71.